The van der Waals surface area contributed by atoms with Crippen LogP contribution in [0.1, 0.15) is 16.1 Å². The lowest BCUT2D eigenvalue weighted by atomic mass is 10.2. The van der Waals surface area contributed by atoms with Crippen molar-refractivity contribution in [2.45, 2.75) is 6.92 Å². The molecule has 0 saturated carbocycles. The topological polar surface area (TPSA) is 36.7 Å². The number of carbonyl (C=O) groups excluding carboxylic acids is 1. The fraction of sp³-hybridized carbons (Fsp3) is 0.462. The Hall–Kier alpha value is -1.25. The molecule has 1 amide bonds. The lowest BCUT2D eigenvalue weighted by Gasteiger charge is -2.33. The summed E-state index contributed by atoms with van der Waals surface area (Å²) in [6.07, 6.45) is 5.28. The zero-order valence-corrected chi connectivity index (χ0v) is 11.9. The predicted molar refractivity (Wildman–Crippen MR) is 72.3 cm³/mol. The van der Waals surface area contributed by atoms with E-state index in [2.05, 4.69) is 26.8 Å². The number of piperazine rings is 1. The first kappa shape index (κ1) is 13.2. The van der Waals surface area contributed by atoms with Gasteiger partial charge in [0.25, 0.3) is 5.91 Å². The van der Waals surface area contributed by atoms with Gasteiger partial charge in [-0.25, -0.2) is 0 Å². The maximum Gasteiger partial charge on any atom is 0.289 e. The van der Waals surface area contributed by atoms with Gasteiger partial charge in [0, 0.05) is 31.7 Å². The van der Waals surface area contributed by atoms with Gasteiger partial charge < -0.3 is 9.32 Å². The van der Waals surface area contributed by atoms with Crippen LogP contribution in [0.5, 0.6) is 0 Å². The van der Waals surface area contributed by atoms with E-state index in [-0.39, 0.29) is 5.91 Å². The van der Waals surface area contributed by atoms with E-state index in [9.17, 15) is 4.79 Å². The number of nitrogens with zero attached hydrogens (tertiary/aromatic N) is 2. The van der Waals surface area contributed by atoms with Crippen LogP contribution in [0.25, 0.3) is 0 Å². The molecule has 2 rings (SSSR count). The van der Waals surface area contributed by atoms with Crippen LogP contribution in [-0.4, -0.2) is 48.4 Å². The number of hydrogen-bond donors (Lipinski definition) is 0. The van der Waals surface area contributed by atoms with Crippen LogP contribution < -0.4 is 0 Å². The van der Waals surface area contributed by atoms with E-state index in [1.54, 1.807) is 0 Å². The Labute approximate surface area is 115 Å². The summed E-state index contributed by atoms with van der Waals surface area (Å²) in [7, 11) is 0. The van der Waals surface area contributed by atoms with Crippen molar-refractivity contribution in [1.29, 1.82) is 0 Å². The van der Waals surface area contributed by atoms with Crippen molar-refractivity contribution >= 4 is 21.8 Å². The van der Waals surface area contributed by atoms with Gasteiger partial charge in [0.2, 0.25) is 0 Å². The molecule has 2 heterocycles. The van der Waals surface area contributed by atoms with Gasteiger partial charge in [-0.2, -0.15) is 0 Å². The molecular formula is C13H15BrN2O2. The Bertz CT molecular complexity index is 482. The number of carbonyl (C=O) groups is 1. The molecule has 1 aliphatic heterocycles. The average Bonchev–Trinajstić information content (AvgIpc) is 2.69. The minimum Gasteiger partial charge on any atom is -0.444 e. The Balaban J connectivity index is 2.00. The Morgan fingerprint density at radius 1 is 1.50 bits per heavy atom. The van der Waals surface area contributed by atoms with E-state index in [1.807, 2.05) is 17.9 Å². The number of rotatable bonds is 2. The molecule has 0 atom stereocenters. The monoisotopic (exact) mass is 310 g/mol. The smallest absolute Gasteiger partial charge is 0.289 e. The number of halogens is 1. The molecule has 96 valence electrons. The van der Waals surface area contributed by atoms with Crippen molar-refractivity contribution in [2.24, 2.45) is 0 Å². The highest BCUT2D eigenvalue weighted by Gasteiger charge is 2.25. The zero-order chi connectivity index (χ0) is 13.1. The zero-order valence-electron chi connectivity index (χ0n) is 10.3. The largest absolute Gasteiger partial charge is 0.444 e. The molecule has 18 heavy (non-hydrogen) atoms. The van der Waals surface area contributed by atoms with Gasteiger partial charge in [0.15, 0.2) is 10.4 Å². The molecule has 0 radical (unpaired) electrons. The summed E-state index contributed by atoms with van der Waals surface area (Å²) in [6.45, 7) is 5.54. The van der Waals surface area contributed by atoms with Crippen LogP contribution in [0.3, 0.4) is 0 Å². The van der Waals surface area contributed by atoms with E-state index in [0.717, 1.165) is 18.7 Å². The standard InChI is InChI=1S/C13H15BrN2O2/c1-3-4-15-5-7-16(8-6-15)13(17)12-10(2)9-11(14)18-12/h1,9H,4-8H2,2H3. The quantitative estimate of drug-likeness (QED) is 0.781. The summed E-state index contributed by atoms with van der Waals surface area (Å²) in [5.41, 5.74) is 0.859. The van der Waals surface area contributed by atoms with Crippen molar-refractivity contribution in [3.8, 4) is 12.3 Å². The molecule has 0 bridgehead atoms. The van der Waals surface area contributed by atoms with Crippen molar-refractivity contribution in [2.75, 3.05) is 32.7 Å². The molecule has 1 aromatic heterocycles. The van der Waals surface area contributed by atoms with Crippen LogP contribution in [0.15, 0.2) is 15.2 Å². The minimum absolute atomic E-state index is 0.0430. The van der Waals surface area contributed by atoms with Gasteiger partial charge >= 0.3 is 0 Å². The molecule has 1 saturated heterocycles. The van der Waals surface area contributed by atoms with Crippen LogP contribution >= 0.6 is 15.9 Å². The fourth-order valence-electron chi connectivity index (χ4n) is 2.04. The molecule has 4 nitrogen and oxygen atoms in total. The number of hydrogen-bond acceptors (Lipinski definition) is 3. The summed E-state index contributed by atoms with van der Waals surface area (Å²) in [5.74, 6) is 3.00. The van der Waals surface area contributed by atoms with Gasteiger partial charge in [-0.1, -0.05) is 5.92 Å². The van der Waals surface area contributed by atoms with E-state index in [0.29, 0.717) is 30.1 Å². The second-order valence-corrected chi connectivity index (χ2v) is 5.12. The number of amides is 1. The SMILES string of the molecule is C#CCN1CCN(C(=O)c2oc(Br)cc2C)CC1. The minimum atomic E-state index is -0.0430. The van der Waals surface area contributed by atoms with Crippen molar-refractivity contribution in [3.05, 3.63) is 22.1 Å². The van der Waals surface area contributed by atoms with Crippen LogP contribution in [0, 0.1) is 19.3 Å². The third-order valence-corrected chi connectivity index (χ3v) is 3.45. The summed E-state index contributed by atoms with van der Waals surface area (Å²) in [6, 6.07) is 1.81. The van der Waals surface area contributed by atoms with Gasteiger partial charge in [-0.15, -0.1) is 6.42 Å². The lowest BCUT2D eigenvalue weighted by Crippen LogP contribution is -2.48. The Morgan fingerprint density at radius 3 is 2.67 bits per heavy atom. The molecule has 1 aromatic rings. The first-order valence-corrected chi connectivity index (χ1v) is 6.62. The molecule has 0 aromatic carbocycles. The third-order valence-electron chi connectivity index (χ3n) is 3.06. The highest BCUT2D eigenvalue weighted by molar-refractivity contribution is 9.10. The summed E-state index contributed by atoms with van der Waals surface area (Å²) in [5, 5.41) is 0. The second-order valence-electron chi connectivity index (χ2n) is 4.34. The number of terminal acetylenes is 1. The van der Waals surface area contributed by atoms with Crippen molar-refractivity contribution < 1.29 is 9.21 Å². The van der Waals surface area contributed by atoms with Crippen LogP contribution in [-0.2, 0) is 0 Å². The highest BCUT2D eigenvalue weighted by Crippen LogP contribution is 2.21. The average molecular weight is 311 g/mol. The molecule has 1 aliphatic rings. The maximum atomic E-state index is 12.3. The molecule has 5 heteroatoms. The number of aryl methyl sites for hydroxylation is 1. The van der Waals surface area contributed by atoms with Crippen LogP contribution in [0.2, 0.25) is 0 Å². The van der Waals surface area contributed by atoms with Crippen LogP contribution in [0.4, 0.5) is 0 Å². The molecule has 1 fully saturated rings. The van der Waals surface area contributed by atoms with E-state index < -0.39 is 0 Å². The van der Waals surface area contributed by atoms with Crippen molar-refractivity contribution in [1.82, 2.24) is 9.80 Å². The normalized spacial score (nSPS) is 16.6. The lowest BCUT2D eigenvalue weighted by molar-refractivity contribution is 0.0618. The Morgan fingerprint density at radius 2 is 2.17 bits per heavy atom. The summed E-state index contributed by atoms with van der Waals surface area (Å²) >= 11 is 3.24. The van der Waals surface area contributed by atoms with E-state index in [1.165, 1.54) is 0 Å². The van der Waals surface area contributed by atoms with E-state index >= 15 is 0 Å². The molecular weight excluding hydrogens is 296 g/mol. The predicted octanol–water partition coefficient (Wildman–Crippen LogP) is 1.74. The van der Waals surface area contributed by atoms with Gasteiger partial charge in [0.1, 0.15) is 0 Å². The summed E-state index contributed by atoms with van der Waals surface area (Å²) in [4.78, 5) is 16.2. The molecule has 0 spiro atoms. The second kappa shape index (κ2) is 5.59. The van der Waals surface area contributed by atoms with Crippen molar-refractivity contribution in [3.63, 3.8) is 0 Å². The Kier molecular flexibility index (Phi) is 4.10. The van der Waals surface area contributed by atoms with Gasteiger partial charge in [0.05, 0.1) is 6.54 Å². The molecule has 0 N–H and O–H groups in total. The summed E-state index contributed by atoms with van der Waals surface area (Å²) < 4.78 is 5.98. The third kappa shape index (κ3) is 2.77. The van der Waals surface area contributed by atoms with Gasteiger partial charge in [-0.05, 0) is 28.9 Å². The number of furan rings is 1. The molecule has 0 unspecified atom stereocenters. The maximum absolute atomic E-state index is 12.3. The van der Waals surface area contributed by atoms with Gasteiger partial charge in [-0.3, -0.25) is 9.69 Å². The first-order chi connectivity index (χ1) is 8.61. The molecule has 0 aliphatic carbocycles. The fourth-order valence-corrected chi connectivity index (χ4v) is 2.54. The first-order valence-electron chi connectivity index (χ1n) is 5.83. The van der Waals surface area contributed by atoms with E-state index in [4.69, 9.17) is 10.8 Å². The highest BCUT2D eigenvalue weighted by atomic mass is 79.9.